The van der Waals surface area contributed by atoms with Gasteiger partial charge >= 0.3 is 0 Å². The third-order valence-electron chi connectivity index (χ3n) is 4.31. The van der Waals surface area contributed by atoms with Gasteiger partial charge in [0.15, 0.2) is 0 Å². The average molecular weight is 368 g/mol. The number of hydrogen-bond acceptors (Lipinski definition) is 5. The number of nitrogens with zero attached hydrogens (tertiary/aromatic N) is 1. The minimum Gasteiger partial charge on any atom is -0.365 e. The van der Waals surface area contributed by atoms with Crippen molar-refractivity contribution >= 4 is 32.3 Å². The van der Waals surface area contributed by atoms with E-state index in [4.69, 9.17) is 5.73 Å². The van der Waals surface area contributed by atoms with E-state index in [9.17, 15) is 13.2 Å². The quantitative estimate of drug-likeness (QED) is 0.766. The molecule has 4 N–H and O–H groups in total. The van der Waals surface area contributed by atoms with Crippen LogP contribution in [0.5, 0.6) is 0 Å². The molecule has 1 aliphatic rings. The molecule has 0 aromatic carbocycles. The van der Waals surface area contributed by atoms with E-state index in [0.29, 0.717) is 27.9 Å². The van der Waals surface area contributed by atoms with Gasteiger partial charge in [-0.25, -0.2) is 8.42 Å². The molecule has 0 aliphatic heterocycles. The topological polar surface area (TPSA) is 118 Å². The number of hydrogen-bond donors (Lipinski definition) is 3. The molecule has 0 fully saturated rings. The number of amides is 1. The molecule has 3 rings (SSSR count). The normalized spacial score (nSPS) is 17.5. The first kappa shape index (κ1) is 17.0. The van der Waals surface area contributed by atoms with E-state index in [-0.39, 0.29) is 4.90 Å². The zero-order valence-electron chi connectivity index (χ0n) is 13.8. The second-order valence-electron chi connectivity index (χ2n) is 6.29. The van der Waals surface area contributed by atoms with Crippen molar-refractivity contribution in [1.82, 2.24) is 10.2 Å². The number of nitrogens with one attached hydrogen (secondary N) is 2. The number of thiophene rings is 1. The number of rotatable bonds is 4. The van der Waals surface area contributed by atoms with E-state index in [1.807, 2.05) is 0 Å². The van der Waals surface area contributed by atoms with Gasteiger partial charge in [-0.2, -0.15) is 5.10 Å². The van der Waals surface area contributed by atoms with Crippen LogP contribution in [0.1, 0.15) is 45.5 Å². The lowest BCUT2D eigenvalue weighted by molar-refractivity contribution is 0.100. The highest BCUT2D eigenvalue weighted by Crippen LogP contribution is 2.40. The molecular weight excluding hydrogens is 348 g/mol. The predicted octanol–water partition coefficient (Wildman–Crippen LogP) is 2.11. The molecule has 0 unspecified atom stereocenters. The molecule has 0 saturated carbocycles. The summed E-state index contributed by atoms with van der Waals surface area (Å²) in [7, 11) is -3.84. The molecular formula is C15H20N4O3S2. The SMILES string of the molecule is Cc1n[nH]c(C)c1S(=O)(=O)Nc1sc2c(c1C(N)=O)CC[C@@H](C)C2. The molecule has 0 bridgehead atoms. The van der Waals surface area contributed by atoms with Crippen LogP contribution in [0.15, 0.2) is 4.90 Å². The van der Waals surface area contributed by atoms with Crippen molar-refractivity contribution in [3.63, 3.8) is 0 Å². The Morgan fingerprint density at radius 2 is 2.12 bits per heavy atom. The number of carbonyl (C=O) groups excluding carboxylic acids is 1. The molecule has 7 nitrogen and oxygen atoms in total. The Balaban J connectivity index is 2.06. The van der Waals surface area contributed by atoms with Gasteiger partial charge in [-0.1, -0.05) is 6.92 Å². The lowest BCUT2D eigenvalue weighted by atomic mass is 9.88. The summed E-state index contributed by atoms with van der Waals surface area (Å²) in [6.07, 6.45) is 2.55. The zero-order chi connectivity index (χ0) is 17.6. The Bertz CT molecular complexity index is 892. The van der Waals surface area contributed by atoms with Crippen LogP contribution in [0.25, 0.3) is 0 Å². The molecule has 0 radical (unpaired) electrons. The molecule has 1 aliphatic carbocycles. The highest BCUT2D eigenvalue weighted by Gasteiger charge is 2.30. The van der Waals surface area contributed by atoms with Crippen LogP contribution in [0.2, 0.25) is 0 Å². The summed E-state index contributed by atoms with van der Waals surface area (Å²) < 4.78 is 28.0. The summed E-state index contributed by atoms with van der Waals surface area (Å²) in [5, 5.41) is 6.89. The number of primary amides is 1. The molecule has 0 saturated heterocycles. The van der Waals surface area contributed by atoms with Gasteiger partial charge in [-0.15, -0.1) is 11.3 Å². The molecule has 24 heavy (non-hydrogen) atoms. The van der Waals surface area contributed by atoms with E-state index in [0.717, 1.165) is 29.7 Å². The minimum atomic E-state index is -3.84. The first-order valence-corrected chi connectivity index (χ1v) is 9.99. The average Bonchev–Trinajstić information content (AvgIpc) is 2.97. The van der Waals surface area contributed by atoms with Crippen LogP contribution in [-0.2, 0) is 22.9 Å². The van der Waals surface area contributed by atoms with Crippen molar-refractivity contribution in [2.24, 2.45) is 11.7 Å². The van der Waals surface area contributed by atoms with Gasteiger partial charge in [0.2, 0.25) is 0 Å². The number of aryl methyl sites for hydroxylation is 2. The van der Waals surface area contributed by atoms with E-state index in [1.165, 1.54) is 11.3 Å². The fraction of sp³-hybridized carbons (Fsp3) is 0.467. The summed E-state index contributed by atoms with van der Waals surface area (Å²) in [6.45, 7) is 5.41. The lowest BCUT2D eigenvalue weighted by Crippen LogP contribution is -2.20. The smallest absolute Gasteiger partial charge is 0.266 e. The number of anilines is 1. The summed E-state index contributed by atoms with van der Waals surface area (Å²) in [4.78, 5) is 13.1. The number of aromatic amines is 1. The van der Waals surface area contributed by atoms with E-state index >= 15 is 0 Å². The van der Waals surface area contributed by atoms with Gasteiger partial charge < -0.3 is 5.73 Å². The molecule has 2 heterocycles. The molecule has 9 heteroatoms. The highest BCUT2D eigenvalue weighted by atomic mass is 32.2. The second kappa shape index (κ2) is 5.89. The maximum absolute atomic E-state index is 12.7. The van der Waals surface area contributed by atoms with Crippen molar-refractivity contribution in [3.8, 4) is 0 Å². The minimum absolute atomic E-state index is 0.109. The Hall–Kier alpha value is -1.87. The first-order chi connectivity index (χ1) is 11.2. The Morgan fingerprint density at radius 1 is 1.42 bits per heavy atom. The molecule has 2 aromatic rings. The van der Waals surface area contributed by atoms with Crippen LogP contribution in [0.3, 0.4) is 0 Å². The van der Waals surface area contributed by atoms with Crippen molar-refractivity contribution in [1.29, 1.82) is 0 Å². The number of sulfonamides is 1. The zero-order valence-corrected chi connectivity index (χ0v) is 15.4. The van der Waals surface area contributed by atoms with Crippen molar-refractivity contribution in [3.05, 3.63) is 27.4 Å². The van der Waals surface area contributed by atoms with Crippen LogP contribution in [0, 0.1) is 19.8 Å². The summed E-state index contributed by atoms with van der Waals surface area (Å²) in [6, 6.07) is 0. The number of H-pyrrole nitrogens is 1. The van der Waals surface area contributed by atoms with Crippen molar-refractivity contribution in [2.75, 3.05) is 4.72 Å². The van der Waals surface area contributed by atoms with Crippen LogP contribution >= 0.6 is 11.3 Å². The molecule has 0 spiro atoms. The number of nitrogens with two attached hydrogens (primary N) is 1. The standard InChI is InChI=1S/C15H20N4O3S2/c1-7-4-5-10-11(6-7)23-15(12(10)14(16)20)19-24(21,22)13-8(2)17-18-9(13)3/h7,19H,4-6H2,1-3H3,(H2,16,20)(H,17,18)/t7-/m1/s1. The largest absolute Gasteiger partial charge is 0.365 e. The van der Waals surface area contributed by atoms with Crippen molar-refractivity contribution in [2.45, 2.75) is 44.9 Å². The molecule has 130 valence electrons. The first-order valence-electron chi connectivity index (χ1n) is 7.69. The van der Waals surface area contributed by atoms with Gasteiger partial charge in [-0.05, 0) is 44.6 Å². The van der Waals surface area contributed by atoms with Gasteiger partial charge in [0.05, 0.1) is 17.0 Å². The van der Waals surface area contributed by atoms with Gasteiger partial charge in [0, 0.05) is 4.88 Å². The maximum atomic E-state index is 12.7. The maximum Gasteiger partial charge on any atom is 0.266 e. The third-order valence-corrected chi connectivity index (χ3v) is 7.23. The molecule has 1 amide bonds. The summed E-state index contributed by atoms with van der Waals surface area (Å²) >= 11 is 1.31. The lowest BCUT2D eigenvalue weighted by Gasteiger charge is -2.18. The second-order valence-corrected chi connectivity index (χ2v) is 9.01. The van der Waals surface area contributed by atoms with E-state index in [1.54, 1.807) is 13.8 Å². The van der Waals surface area contributed by atoms with Crippen LogP contribution < -0.4 is 10.5 Å². The van der Waals surface area contributed by atoms with Crippen molar-refractivity contribution < 1.29 is 13.2 Å². The van der Waals surface area contributed by atoms with Gasteiger partial charge in [0.1, 0.15) is 9.90 Å². The third kappa shape index (κ3) is 2.82. The number of fused-ring (bicyclic) bond motifs is 1. The number of aromatic nitrogens is 2. The number of carbonyl (C=O) groups is 1. The van der Waals surface area contributed by atoms with E-state index < -0.39 is 15.9 Å². The Labute approximate surface area is 144 Å². The predicted molar refractivity (Wildman–Crippen MR) is 92.9 cm³/mol. The fourth-order valence-electron chi connectivity index (χ4n) is 3.19. The van der Waals surface area contributed by atoms with Crippen LogP contribution in [-0.4, -0.2) is 24.5 Å². The van der Waals surface area contributed by atoms with Gasteiger partial charge in [0.25, 0.3) is 15.9 Å². The van der Waals surface area contributed by atoms with Gasteiger partial charge in [-0.3, -0.25) is 14.6 Å². The Morgan fingerprint density at radius 3 is 2.71 bits per heavy atom. The monoisotopic (exact) mass is 368 g/mol. The molecule has 1 atom stereocenters. The Kier molecular flexibility index (Phi) is 4.16. The van der Waals surface area contributed by atoms with E-state index in [2.05, 4.69) is 21.8 Å². The molecule has 2 aromatic heterocycles. The summed E-state index contributed by atoms with van der Waals surface area (Å²) in [5.41, 5.74) is 7.57. The summed E-state index contributed by atoms with van der Waals surface area (Å²) in [5.74, 6) is -0.0833. The highest BCUT2D eigenvalue weighted by molar-refractivity contribution is 7.93. The van der Waals surface area contributed by atoms with Crippen LogP contribution in [0.4, 0.5) is 5.00 Å². The fourth-order valence-corrected chi connectivity index (χ4v) is 6.29.